The van der Waals surface area contributed by atoms with E-state index in [1.807, 2.05) is 0 Å². The summed E-state index contributed by atoms with van der Waals surface area (Å²) in [4.78, 5) is 22.3. The largest absolute Gasteiger partial charge is 0.469 e. The second-order valence-electron chi connectivity index (χ2n) is 3.55. The van der Waals surface area contributed by atoms with Gasteiger partial charge >= 0.3 is 11.9 Å². The average molecular weight is 255 g/mol. The minimum absolute atomic E-state index is 0.0213. The SMILES string of the molecule is COC(=O)CCCOC(=O)c1ccc(F)cc1N. The van der Waals surface area contributed by atoms with Crippen molar-refractivity contribution in [2.24, 2.45) is 0 Å². The van der Waals surface area contributed by atoms with E-state index >= 15 is 0 Å². The van der Waals surface area contributed by atoms with Gasteiger partial charge in [0.05, 0.1) is 19.3 Å². The highest BCUT2D eigenvalue weighted by Crippen LogP contribution is 2.14. The standard InChI is InChI=1S/C12H14FNO4/c1-17-11(15)3-2-6-18-12(16)9-5-4-8(13)7-10(9)14/h4-5,7H,2-3,6,14H2,1H3. The second-order valence-corrected chi connectivity index (χ2v) is 3.55. The monoisotopic (exact) mass is 255 g/mol. The number of carbonyl (C=O) groups is 2. The maximum atomic E-state index is 12.8. The molecule has 0 spiro atoms. The number of nitrogens with two attached hydrogens (primary N) is 1. The topological polar surface area (TPSA) is 78.6 Å². The van der Waals surface area contributed by atoms with E-state index in [-0.39, 0.29) is 30.2 Å². The van der Waals surface area contributed by atoms with E-state index in [0.29, 0.717) is 6.42 Å². The highest BCUT2D eigenvalue weighted by Gasteiger charge is 2.12. The number of benzene rings is 1. The lowest BCUT2D eigenvalue weighted by Crippen LogP contribution is -2.10. The summed E-state index contributed by atoms with van der Waals surface area (Å²) >= 11 is 0. The lowest BCUT2D eigenvalue weighted by atomic mass is 10.2. The van der Waals surface area contributed by atoms with Crippen LogP contribution in [-0.2, 0) is 14.3 Å². The van der Waals surface area contributed by atoms with Crippen molar-refractivity contribution in [1.82, 2.24) is 0 Å². The Morgan fingerprint density at radius 1 is 1.39 bits per heavy atom. The zero-order valence-electron chi connectivity index (χ0n) is 9.94. The van der Waals surface area contributed by atoms with E-state index in [1.54, 1.807) is 0 Å². The van der Waals surface area contributed by atoms with Crippen molar-refractivity contribution < 1.29 is 23.5 Å². The van der Waals surface area contributed by atoms with Crippen LogP contribution in [0.5, 0.6) is 0 Å². The Hall–Kier alpha value is -2.11. The molecule has 0 radical (unpaired) electrons. The molecule has 0 unspecified atom stereocenters. The van der Waals surface area contributed by atoms with Gasteiger partial charge in [-0.3, -0.25) is 4.79 Å². The molecule has 0 aliphatic heterocycles. The minimum Gasteiger partial charge on any atom is -0.469 e. The average Bonchev–Trinajstić information content (AvgIpc) is 2.34. The first-order valence-corrected chi connectivity index (χ1v) is 5.33. The fourth-order valence-corrected chi connectivity index (χ4v) is 1.28. The smallest absolute Gasteiger partial charge is 0.340 e. The van der Waals surface area contributed by atoms with Crippen LogP contribution in [0.2, 0.25) is 0 Å². The molecule has 18 heavy (non-hydrogen) atoms. The summed E-state index contributed by atoms with van der Waals surface area (Å²) in [5.74, 6) is -1.53. The Morgan fingerprint density at radius 3 is 2.72 bits per heavy atom. The molecule has 0 bridgehead atoms. The van der Waals surface area contributed by atoms with Gasteiger partial charge in [0.25, 0.3) is 0 Å². The number of esters is 2. The quantitative estimate of drug-likeness (QED) is 0.490. The van der Waals surface area contributed by atoms with Gasteiger partial charge in [-0.1, -0.05) is 0 Å². The fourth-order valence-electron chi connectivity index (χ4n) is 1.28. The lowest BCUT2D eigenvalue weighted by Gasteiger charge is -2.06. The van der Waals surface area contributed by atoms with Crippen LogP contribution in [0.3, 0.4) is 0 Å². The summed E-state index contributed by atoms with van der Waals surface area (Å²) in [6, 6.07) is 3.43. The summed E-state index contributed by atoms with van der Waals surface area (Å²) in [6.07, 6.45) is 0.530. The normalized spacial score (nSPS) is 9.89. The molecule has 0 aliphatic rings. The van der Waals surface area contributed by atoms with Gasteiger partial charge in [-0.15, -0.1) is 0 Å². The molecule has 0 aliphatic carbocycles. The molecule has 5 nitrogen and oxygen atoms in total. The van der Waals surface area contributed by atoms with Gasteiger partial charge in [-0.05, 0) is 24.6 Å². The van der Waals surface area contributed by atoms with Crippen molar-refractivity contribution in [1.29, 1.82) is 0 Å². The van der Waals surface area contributed by atoms with Crippen molar-refractivity contribution in [3.63, 3.8) is 0 Å². The van der Waals surface area contributed by atoms with Crippen LogP contribution < -0.4 is 5.73 Å². The van der Waals surface area contributed by atoms with Crippen LogP contribution in [0.25, 0.3) is 0 Å². The fraction of sp³-hybridized carbons (Fsp3) is 0.333. The summed E-state index contributed by atoms with van der Waals surface area (Å²) in [7, 11) is 1.29. The molecule has 0 fully saturated rings. The van der Waals surface area contributed by atoms with Crippen molar-refractivity contribution in [3.8, 4) is 0 Å². The van der Waals surface area contributed by atoms with Crippen LogP contribution in [0.15, 0.2) is 18.2 Å². The Labute approximate surface area is 104 Å². The Balaban J connectivity index is 2.43. The number of anilines is 1. The molecule has 0 saturated carbocycles. The molecular formula is C12H14FNO4. The molecule has 0 saturated heterocycles. The third kappa shape index (κ3) is 4.04. The van der Waals surface area contributed by atoms with Crippen molar-refractivity contribution in [2.75, 3.05) is 19.5 Å². The van der Waals surface area contributed by atoms with Crippen molar-refractivity contribution in [2.45, 2.75) is 12.8 Å². The maximum Gasteiger partial charge on any atom is 0.340 e. The van der Waals surface area contributed by atoms with Gasteiger partial charge in [0.15, 0.2) is 0 Å². The highest BCUT2D eigenvalue weighted by atomic mass is 19.1. The third-order valence-electron chi connectivity index (χ3n) is 2.22. The molecule has 1 rings (SSSR count). The van der Waals surface area contributed by atoms with Crippen LogP contribution in [0.1, 0.15) is 23.2 Å². The van der Waals surface area contributed by atoms with E-state index in [9.17, 15) is 14.0 Å². The number of carbonyl (C=O) groups excluding carboxylic acids is 2. The maximum absolute atomic E-state index is 12.8. The predicted octanol–water partition coefficient (Wildman–Crippen LogP) is 1.52. The summed E-state index contributed by atoms with van der Waals surface area (Å²) in [5.41, 5.74) is 5.61. The first kappa shape index (κ1) is 14.0. The van der Waals surface area contributed by atoms with Gasteiger partial charge in [-0.25, -0.2) is 9.18 Å². The molecule has 0 atom stereocenters. The molecule has 2 N–H and O–H groups in total. The van der Waals surface area contributed by atoms with E-state index in [0.717, 1.165) is 12.1 Å². The third-order valence-corrected chi connectivity index (χ3v) is 2.22. The summed E-state index contributed by atoms with van der Waals surface area (Å²) in [6.45, 7) is 0.0742. The van der Waals surface area contributed by atoms with Crippen LogP contribution in [0, 0.1) is 5.82 Å². The van der Waals surface area contributed by atoms with Gasteiger partial charge in [0.1, 0.15) is 5.82 Å². The molecule has 98 valence electrons. The molecular weight excluding hydrogens is 241 g/mol. The van der Waals surface area contributed by atoms with Gasteiger partial charge in [0, 0.05) is 12.1 Å². The predicted molar refractivity (Wildman–Crippen MR) is 62.3 cm³/mol. The minimum atomic E-state index is -0.641. The number of nitrogen functional groups attached to an aromatic ring is 1. The van der Waals surface area contributed by atoms with Gasteiger partial charge in [0.2, 0.25) is 0 Å². The first-order chi connectivity index (χ1) is 8.54. The number of hydrogen-bond acceptors (Lipinski definition) is 5. The lowest BCUT2D eigenvalue weighted by molar-refractivity contribution is -0.140. The first-order valence-electron chi connectivity index (χ1n) is 5.33. The number of hydrogen-bond donors (Lipinski definition) is 1. The second kappa shape index (κ2) is 6.58. The number of methoxy groups -OCH3 is 1. The summed E-state index contributed by atoms with van der Waals surface area (Å²) < 4.78 is 22.1. The molecule has 6 heteroatoms. The number of rotatable bonds is 5. The number of halogens is 1. The Kier molecular flexibility index (Phi) is 5.10. The highest BCUT2D eigenvalue weighted by molar-refractivity contribution is 5.95. The molecule has 0 aromatic heterocycles. The van der Waals surface area contributed by atoms with Crippen LogP contribution >= 0.6 is 0 Å². The van der Waals surface area contributed by atoms with Crippen LogP contribution in [-0.4, -0.2) is 25.7 Å². The van der Waals surface area contributed by atoms with E-state index in [4.69, 9.17) is 10.5 Å². The van der Waals surface area contributed by atoms with E-state index < -0.39 is 11.8 Å². The zero-order chi connectivity index (χ0) is 13.5. The molecule has 1 aromatic carbocycles. The number of ether oxygens (including phenoxy) is 2. The van der Waals surface area contributed by atoms with Gasteiger partial charge in [-0.2, -0.15) is 0 Å². The molecule has 1 aromatic rings. The van der Waals surface area contributed by atoms with Crippen molar-refractivity contribution in [3.05, 3.63) is 29.6 Å². The Bertz CT molecular complexity index is 448. The van der Waals surface area contributed by atoms with Crippen LogP contribution in [0.4, 0.5) is 10.1 Å². The van der Waals surface area contributed by atoms with Crippen molar-refractivity contribution >= 4 is 17.6 Å². The molecule has 0 amide bonds. The van der Waals surface area contributed by atoms with E-state index in [2.05, 4.69) is 4.74 Å². The Morgan fingerprint density at radius 2 is 2.11 bits per heavy atom. The van der Waals surface area contributed by atoms with Gasteiger partial charge < -0.3 is 15.2 Å². The zero-order valence-corrected chi connectivity index (χ0v) is 9.94. The molecule has 0 heterocycles. The summed E-state index contributed by atoms with van der Waals surface area (Å²) in [5, 5.41) is 0. The van der Waals surface area contributed by atoms with E-state index in [1.165, 1.54) is 13.2 Å².